The summed E-state index contributed by atoms with van der Waals surface area (Å²) in [4.78, 5) is 5.97. The number of hydrogen-bond acceptors (Lipinski definition) is 3. The molecule has 2 atom stereocenters. The van der Waals surface area contributed by atoms with Gasteiger partial charge < -0.3 is 10.3 Å². The molecule has 2 unspecified atom stereocenters. The molecule has 1 aliphatic rings. The molecule has 114 valence electrons. The van der Waals surface area contributed by atoms with E-state index in [0.29, 0.717) is 6.04 Å². The molecule has 0 radical (unpaired) electrons. The summed E-state index contributed by atoms with van der Waals surface area (Å²) in [6, 6.07) is 2.67. The molecule has 0 spiro atoms. The van der Waals surface area contributed by atoms with E-state index in [-0.39, 0.29) is 11.5 Å². The van der Waals surface area contributed by atoms with E-state index in [1.807, 2.05) is 17.5 Å². The van der Waals surface area contributed by atoms with Crippen LogP contribution in [-0.4, -0.2) is 9.55 Å². The molecular formula is C17H25N3S. The second kappa shape index (κ2) is 5.25. The van der Waals surface area contributed by atoms with Crippen molar-refractivity contribution < 1.29 is 0 Å². The monoisotopic (exact) mass is 303 g/mol. The molecule has 0 aliphatic heterocycles. The highest BCUT2D eigenvalue weighted by molar-refractivity contribution is 7.11. The van der Waals surface area contributed by atoms with Gasteiger partial charge in [0.05, 0.1) is 6.04 Å². The number of thiazole rings is 1. The van der Waals surface area contributed by atoms with Crippen LogP contribution in [0.5, 0.6) is 0 Å². The molecule has 3 nitrogen and oxygen atoms in total. The lowest BCUT2D eigenvalue weighted by atomic mass is 9.74. The van der Waals surface area contributed by atoms with Crippen LogP contribution in [0, 0.1) is 5.41 Å². The van der Waals surface area contributed by atoms with Crippen molar-refractivity contribution in [2.24, 2.45) is 11.1 Å². The maximum Gasteiger partial charge on any atom is 0.115 e. The van der Waals surface area contributed by atoms with Gasteiger partial charge in [-0.15, -0.1) is 11.3 Å². The molecule has 1 aliphatic carbocycles. The topological polar surface area (TPSA) is 43.8 Å². The Balaban J connectivity index is 1.97. The predicted octanol–water partition coefficient (Wildman–Crippen LogP) is 4.09. The Hall–Kier alpha value is -1.13. The van der Waals surface area contributed by atoms with E-state index in [1.165, 1.54) is 21.1 Å². The van der Waals surface area contributed by atoms with E-state index in [1.54, 1.807) is 0 Å². The Morgan fingerprint density at radius 2 is 2.29 bits per heavy atom. The number of aryl methyl sites for hydroxylation is 1. The van der Waals surface area contributed by atoms with E-state index >= 15 is 0 Å². The number of rotatable bonds is 3. The highest BCUT2D eigenvalue weighted by Crippen LogP contribution is 2.41. The van der Waals surface area contributed by atoms with E-state index in [2.05, 4.69) is 49.5 Å². The molecule has 21 heavy (non-hydrogen) atoms. The molecule has 2 aromatic rings. The molecular weight excluding hydrogens is 278 g/mol. The van der Waals surface area contributed by atoms with Gasteiger partial charge in [0.15, 0.2) is 0 Å². The lowest BCUT2D eigenvalue weighted by Crippen LogP contribution is -2.31. The molecule has 0 saturated heterocycles. The van der Waals surface area contributed by atoms with Crippen molar-refractivity contribution >= 4 is 11.3 Å². The zero-order valence-electron chi connectivity index (χ0n) is 13.4. The summed E-state index contributed by atoms with van der Waals surface area (Å²) in [5.74, 6) is 0. The van der Waals surface area contributed by atoms with Gasteiger partial charge in [-0.3, -0.25) is 0 Å². The smallest absolute Gasteiger partial charge is 0.115 e. The van der Waals surface area contributed by atoms with Crippen LogP contribution in [0.25, 0.3) is 0 Å². The molecule has 0 amide bonds. The Bertz CT molecular complexity index is 638. The van der Waals surface area contributed by atoms with Crippen LogP contribution >= 0.6 is 11.3 Å². The number of hydrogen-bond donors (Lipinski definition) is 1. The van der Waals surface area contributed by atoms with E-state index < -0.39 is 0 Å². The quantitative estimate of drug-likeness (QED) is 0.928. The van der Waals surface area contributed by atoms with E-state index in [0.717, 1.165) is 19.3 Å². The SMILES string of the molecule is CCc1cnc(C(C)n2ccc3c2CC(C)(C)CC3N)s1. The van der Waals surface area contributed by atoms with Crippen LogP contribution in [-0.2, 0) is 12.8 Å². The van der Waals surface area contributed by atoms with Crippen molar-refractivity contribution in [3.8, 4) is 0 Å². The fourth-order valence-electron chi connectivity index (χ4n) is 3.42. The third-order valence-corrected chi connectivity index (χ3v) is 5.88. The van der Waals surface area contributed by atoms with Crippen molar-refractivity contribution in [2.45, 2.75) is 59.0 Å². The van der Waals surface area contributed by atoms with E-state index in [4.69, 9.17) is 5.73 Å². The van der Waals surface area contributed by atoms with E-state index in [9.17, 15) is 0 Å². The average Bonchev–Trinajstić information content (AvgIpc) is 3.02. The zero-order valence-corrected chi connectivity index (χ0v) is 14.2. The summed E-state index contributed by atoms with van der Waals surface area (Å²) in [6.45, 7) is 9.06. The summed E-state index contributed by atoms with van der Waals surface area (Å²) in [5.41, 5.74) is 9.38. The van der Waals surface area contributed by atoms with Gasteiger partial charge in [-0.2, -0.15) is 0 Å². The fourth-order valence-corrected chi connectivity index (χ4v) is 4.33. The lowest BCUT2D eigenvalue weighted by Gasteiger charge is -2.35. The Morgan fingerprint density at radius 3 is 2.95 bits per heavy atom. The van der Waals surface area contributed by atoms with Crippen LogP contribution in [0.1, 0.15) is 67.3 Å². The number of nitrogens with zero attached hydrogens (tertiary/aromatic N) is 2. The lowest BCUT2D eigenvalue weighted by molar-refractivity contribution is 0.274. The van der Waals surface area contributed by atoms with Gasteiger partial charge in [0.25, 0.3) is 0 Å². The predicted molar refractivity (Wildman–Crippen MR) is 88.8 cm³/mol. The minimum atomic E-state index is 0.166. The Kier molecular flexibility index (Phi) is 3.70. The van der Waals surface area contributed by atoms with Gasteiger partial charge in [-0.05, 0) is 43.2 Å². The van der Waals surface area contributed by atoms with Gasteiger partial charge in [0.2, 0.25) is 0 Å². The van der Waals surface area contributed by atoms with Crippen molar-refractivity contribution in [3.05, 3.63) is 39.6 Å². The summed E-state index contributed by atoms with van der Waals surface area (Å²) in [7, 11) is 0. The first-order valence-corrected chi connectivity index (χ1v) is 8.62. The third-order valence-electron chi connectivity index (χ3n) is 4.57. The summed E-state index contributed by atoms with van der Waals surface area (Å²) >= 11 is 1.83. The summed E-state index contributed by atoms with van der Waals surface area (Å²) < 4.78 is 2.38. The first kappa shape index (κ1) is 14.8. The number of aromatic nitrogens is 2. The zero-order chi connectivity index (χ0) is 15.2. The Labute approximate surface area is 131 Å². The molecule has 0 aromatic carbocycles. The van der Waals surface area contributed by atoms with Crippen LogP contribution in [0.3, 0.4) is 0 Å². The second-order valence-electron chi connectivity index (χ2n) is 6.97. The summed E-state index contributed by atoms with van der Waals surface area (Å²) in [6.07, 6.45) is 7.44. The van der Waals surface area contributed by atoms with Crippen molar-refractivity contribution in [3.63, 3.8) is 0 Å². The average molecular weight is 303 g/mol. The minimum Gasteiger partial charge on any atom is -0.342 e. The van der Waals surface area contributed by atoms with Crippen molar-refractivity contribution in [2.75, 3.05) is 0 Å². The summed E-state index contributed by atoms with van der Waals surface area (Å²) in [5, 5.41) is 1.20. The van der Waals surface area contributed by atoms with Gasteiger partial charge in [0, 0.05) is 29.0 Å². The molecule has 2 heterocycles. The number of nitrogens with two attached hydrogens (primary N) is 1. The molecule has 0 bridgehead atoms. The molecule has 0 fully saturated rings. The highest BCUT2D eigenvalue weighted by Gasteiger charge is 2.33. The molecule has 4 heteroatoms. The molecule has 2 N–H and O–H groups in total. The van der Waals surface area contributed by atoms with Gasteiger partial charge in [-0.25, -0.2) is 4.98 Å². The van der Waals surface area contributed by atoms with Gasteiger partial charge >= 0.3 is 0 Å². The largest absolute Gasteiger partial charge is 0.342 e. The highest BCUT2D eigenvalue weighted by atomic mass is 32.1. The van der Waals surface area contributed by atoms with Gasteiger partial charge in [0.1, 0.15) is 5.01 Å². The second-order valence-corrected chi connectivity index (χ2v) is 8.12. The standard InChI is InChI=1S/C17H25N3S/c1-5-12-10-19-16(21-12)11(2)20-7-6-13-14(18)8-17(3,4)9-15(13)20/h6-7,10-11,14H,5,8-9,18H2,1-4H3. The fraction of sp³-hybridized carbons (Fsp3) is 0.588. The molecule has 0 saturated carbocycles. The first-order chi connectivity index (χ1) is 9.91. The molecule has 2 aromatic heterocycles. The van der Waals surface area contributed by atoms with Crippen molar-refractivity contribution in [1.29, 1.82) is 0 Å². The maximum absolute atomic E-state index is 6.37. The van der Waals surface area contributed by atoms with Crippen LogP contribution < -0.4 is 5.73 Å². The van der Waals surface area contributed by atoms with Gasteiger partial charge in [-0.1, -0.05) is 20.8 Å². The normalized spacial score (nSPS) is 22.0. The van der Waals surface area contributed by atoms with Crippen LogP contribution in [0.2, 0.25) is 0 Å². The number of fused-ring (bicyclic) bond motifs is 1. The minimum absolute atomic E-state index is 0.166. The van der Waals surface area contributed by atoms with Crippen LogP contribution in [0.15, 0.2) is 18.5 Å². The maximum atomic E-state index is 6.37. The third kappa shape index (κ3) is 2.67. The first-order valence-electron chi connectivity index (χ1n) is 7.81. The molecule has 3 rings (SSSR count). The van der Waals surface area contributed by atoms with Crippen molar-refractivity contribution in [1.82, 2.24) is 9.55 Å². The Morgan fingerprint density at radius 1 is 1.52 bits per heavy atom. The van der Waals surface area contributed by atoms with Crippen LogP contribution in [0.4, 0.5) is 0 Å².